The van der Waals surface area contributed by atoms with Gasteiger partial charge < -0.3 is 4.90 Å². The van der Waals surface area contributed by atoms with Crippen molar-refractivity contribution in [2.75, 3.05) is 14.1 Å². The molecule has 1 aromatic rings. The predicted molar refractivity (Wildman–Crippen MR) is 65.8 cm³/mol. The van der Waals surface area contributed by atoms with Gasteiger partial charge in [-0.25, -0.2) is 0 Å². The fourth-order valence-electron chi connectivity index (χ4n) is 1.38. The average Bonchev–Trinajstić information content (AvgIpc) is 2.25. The minimum Gasteiger partial charge on any atom is -0.383 e. The van der Waals surface area contributed by atoms with Crippen molar-refractivity contribution >= 4 is 29.1 Å². The monoisotopic (exact) mass is 254 g/mol. The molecule has 0 aromatic heterocycles. The number of carbonyl (C=O) groups excluding carboxylic acids is 1. The number of hydrogen-bond donors (Lipinski definition) is 0. The Kier molecular flexibility index (Phi) is 4.23. The van der Waals surface area contributed by atoms with Crippen LogP contribution in [-0.2, 0) is 4.79 Å². The second kappa shape index (κ2) is 5.45. The van der Waals surface area contributed by atoms with Crippen LogP contribution in [0.15, 0.2) is 24.4 Å². The first-order valence-electron chi connectivity index (χ1n) is 4.74. The fraction of sp³-hybridized carbons (Fsp3) is 0.182. The number of halogens is 1. The highest BCUT2D eigenvalue weighted by atomic mass is 35.5. The number of benzene rings is 1. The Labute approximate surface area is 103 Å². The second-order valence-corrected chi connectivity index (χ2v) is 3.96. The van der Waals surface area contributed by atoms with Gasteiger partial charge >= 0.3 is 0 Å². The molecule has 0 saturated heterocycles. The van der Waals surface area contributed by atoms with Gasteiger partial charge in [0, 0.05) is 31.9 Å². The Morgan fingerprint density at radius 2 is 2.12 bits per heavy atom. The molecule has 0 fully saturated rings. The van der Waals surface area contributed by atoms with Crippen molar-refractivity contribution < 1.29 is 9.72 Å². The summed E-state index contributed by atoms with van der Waals surface area (Å²) in [6.45, 7) is 0. The van der Waals surface area contributed by atoms with E-state index in [1.165, 1.54) is 24.4 Å². The smallest absolute Gasteiger partial charge is 0.278 e. The third-order valence-electron chi connectivity index (χ3n) is 2.00. The van der Waals surface area contributed by atoms with Gasteiger partial charge in [0.25, 0.3) is 5.69 Å². The quantitative estimate of drug-likeness (QED) is 0.358. The van der Waals surface area contributed by atoms with E-state index in [9.17, 15) is 14.9 Å². The molecule has 0 unspecified atom stereocenters. The van der Waals surface area contributed by atoms with Gasteiger partial charge in [0.2, 0.25) is 0 Å². The molecule has 6 heteroatoms. The molecule has 0 heterocycles. The summed E-state index contributed by atoms with van der Waals surface area (Å²) in [5.74, 6) is 0. The molecule has 5 nitrogen and oxygen atoms in total. The summed E-state index contributed by atoms with van der Waals surface area (Å²) in [5.41, 5.74) is 0.132. The molecule has 1 rings (SSSR count). The van der Waals surface area contributed by atoms with Crippen molar-refractivity contribution in [3.63, 3.8) is 0 Å². The first kappa shape index (κ1) is 13.2. The zero-order valence-corrected chi connectivity index (χ0v) is 10.1. The van der Waals surface area contributed by atoms with Crippen LogP contribution < -0.4 is 0 Å². The standard InChI is InChI=1S/C11H11ClN2O3/c1-13(2)6-8(7-15)11-9(12)4-3-5-10(11)14(16)17/h3-7H,1-2H3. The second-order valence-electron chi connectivity index (χ2n) is 3.56. The lowest BCUT2D eigenvalue weighted by molar-refractivity contribution is -0.385. The lowest BCUT2D eigenvalue weighted by atomic mass is 10.1. The Balaban J connectivity index is 3.47. The number of nitro groups is 1. The molecule has 0 aliphatic heterocycles. The van der Waals surface area contributed by atoms with Crippen molar-refractivity contribution in [3.8, 4) is 0 Å². The van der Waals surface area contributed by atoms with Crippen molar-refractivity contribution in [1.29, 1.82) is 0 Å². The number of aldehydes is 1. The van der Waals surface area contributed by atoms with Gasteiger partial charge in [-0.3, -0.25) is 14.9 Å². The number of nitrogens with zero attached hydrogens (tertiary/aromatic N) is 2. The molecule has 0 aliphatic carbocycles. The molecule has 0 saturated carbocycles. The van der Waals surface area contributed by atoms with E-state index >= 15 is 0 Å². The highest BCUT2D eigenvalue weighted by molar-refractivity contribution is 6.34. The van der Waals surface area contributed by atoms with Crippen LogP contribution in [0, 0.1) is 10.1 Å². The maximum absolute atomic E-state index is 11.0. The van der Waals surface area contributed by atoms with Gasteiger partial charge in [0.1, 0.15) is 0 Å². The van der Waals surface area contributed by atoms with E-state index in [-0.39, 0.29) is 21.8 Å². The summed E-state index contributed by atoms with van der Waals surface area (Å²) in [7, 11) is 3.43. The Hall–Kier alpha value is -1.88. The number of nitro benzene ring substituents is 1. The summed E-state index contributed by atoms with van der Waals surface area (Å²) in [4.78, 5) is 22.9. The minimum absolute atomic E-state index is 0.142. The summed E-state index contributed by atoms with van der Waals surface area (Å²) in [6.07, 6.45) is 2.04. The highest BCUT2D eigenvalue weighted by Gasteiger charge is 2.20. The van der Waals surface area contributed by atoms with Crippen molar-refractivity contribution in [2.24, 2.45) is 0 Å². The van der Waals surface area contributed by atoms with E-state index in [0.717, 1.165) is 0 Å². The van der Waals surface area contributed by atoms with E-state index in [1.54, 1.807) is 19.0 Å². The zero-order chi connectivity index (χ0) is 13.0. The molecule has 17 heavy (non-hydrogen) atoms. The fourth-order valence-corrected chi connectivity index (χ4v) is 1.66. The van der Waals surface area contributed by atoms with Gasteiger partial charge in [0.05, 0.1) is 15.5 Å². The van der Waals surface area contributed by atoms with E-state index < -0.39 is 4.92 Å². The molecule has 0 N–H and O–H groups in total. The van der Waals surface area contributed by atoms with Crippen LogP contribution in [0.25, 0.3) is 5.57 Å². The maximum atomic E-state index is 11.0. The van der Waals surface area contributed by atoms with Gasteiger partial charge in [-0.05, 0) is 6.07 Å². The van der Waals surface area contributed by atoms with E-state index in [1.807, 2.05) is 0 Å². The van der Waals surface area contributed by atoms with E-state index in [4.69, 9.17) is 11.6 Å². The van der Waals surface area contributed by atoms with Crippen LogP contribution >= 0.6 is 11.6 Å². The SMILES string of the molecule is CN(C)C=C(C=O)c1c(Cl)cccc1[N+](=O)[O-]. The zero-order valence-electron chi connectivity index (χ0n) is 9.38. The Morgan fingerprint density at radius 1 is 1.47 bits per heavy atom. The number of allylic oxidation sites excluding steroid dienone is 1. The van der Waals surface area contributed by atoms with Gasteiger partial charge in [-0.15, -0.1) is 0 Å². The molecule has 0 spiro atoms. The van der Waals surface area contributed by atoms with E-state index in [0.29, 0.717) is 6.29 Å². The van der Waals surface area contributed by atoms with Crippen LogP contribution in [0.3, 0.4) is 0 Å². The van der Waals surface area contributed by atoms with Gasteiger partial charge in [0.15, 0.2) is 6.29 Å². The van der Waals surface area contributed by atoms with Crippen molar-refractivity contribution in [3.05, 3.63) is 45.1 Å². The maximum Gasteiger partial charge on any atom is 0.278 e. The lowest BCUT2D eigenvalue weighted by Gasteiger charge is -2.09. The molecular formula is C11H11ClN2O3. The van der Waals surface area contributed by atoms with Crippen LogP contribution in [-0.4, -0.2) is 30.2 Å². The first-order chi connectivity index (χ1) is 7.97. The summed E-state index contributed by atoms with van der Waals surface area (Å²) < 4.78 is 0. The van der Waals surface area contributed by atoms with E-state index in [2.05, 4.69) is 0 Å². The molecule has 90 valence electrons. The Morgan fingerprint density at radius 3 is 2.59 bits per heavy atom. The predicted octanol–water partition coefficient (Wildman–Crippen LogP) is 2.35. The Bertz CT molecular complexity index is 484. The van der Waals surface area contributed by atoms with Gasteiger partial charge in [-0.1, -0.05) is 17.7 Å². The number of carbonyl (C=O) groups is 1. The summed E-state index contributed by atoms with van der Waals surface area (Å²) in [5, 5.41) is 11.1. The van der Waals surface area contributed by atoms with Crippen molar-refractivity contribution in [1.82, 2.24) is 4.90 Å². The molecule has 0 aliphatic rings. The first-order valence-corrected chi connectivity index (χ1v) is 5.12. The van der Waals surface area contributed by atoms with Crippen LogP contribution in [0.5, 0.6) is 0 Å². The molecule has 0 amide bonds. The summed E-state index contributed by atoms with van der Waals surface area (Å²) >= 11 is 5.91. The van der Waals surface area contributed by atoms with Crippen LogP contribution in [0.2, 0.25) is 5.02 Å². The third kappa shape index (κ3) is 3.04. The summed E-state index contributed by atoms with van der Waals surface area (Å²) in [6, 6.07) is 4.30. The highest BCUT2D eigenvalue weighted by Crippen LogP contribution is 2.31. The topological polar surface area (TPSA) is 63.5 Å². The number of rotatable bonds is 4. The van der Waals surface area contributed by atoms with Gasteiger partial charge in [-0.2, -0.15) is 0 Å². The minimum atomic E-state index is -0.561. The molecule has 0 bridgehead atoms. The average molecular weight is 255 g/mol. The van der Waals surface area contributed by atoms with Crippen LogP contribution in [0.1, 0.15) is 5.56 Å². The largest absolute Gasteiger partial charge is 0.383 e. The molecule has 1 aromatic carbocycles. The molecule has 0 atom stereocenters. The lowest BCUT2D eigenvalue weighted by Crippen LogP contribution is -2.05. The van der Waals surface area contributed by atoms with Crippen LogP contribution in [0.4, 0.5) is 5.69 Å². The molecular weight excluding hydrogens is 244 g/mol. The number of hydrogen-bond acceptors (Lipinski definition) is 4. The third-order valence-corrected chi connectivity index (χ3v) is 2.32. The van der Waals surface area contributed by atoms with Crippen molar-refractivity contribution in [2.45, 2.75) is 0 Å². The normalized spacial score (nSPS) is 11.1. The molecule has 0 radical (unpaired) electrons.